The topological polar surface area (TPSA) is 43.1 Å². The molecule has 1 aromatic carbocycles. The first-order chi connectivity index (χ1) is 8.86. The minimum absolute atomic E-state index is 0.817. The van der Waals surface area contributed by atoms with Crippen molar-refractivity contribution >= 4 is 43.4 Å². The molecule has 0 amide bonds. The molecule has 0 saturated heterocycles. The third-order valence-electron chi connectivity index (χ3n) is 3.04. The lowest BCUT2D eigenvalue weighted by Gasteiger charge is -1.99. The first kappa shape index (κ1) is 9.96. The highest BCUT2D eigenvalue weighted by molar-refractivity contribution is 9.10. The molecule has 0 spiro atoms. The Hall–Kier alpha value is -2.01. The predicted molar refractivity (Wildman–Crippen MR) is 73.5 cm³/mol. The van der Waals surface area contributed by atoms with Crippen molar-refractivity contribution in [1.29, 1.82) is 0 Å². The number of nitrogens with zero attached hydrogens (tertiary/aromatic N) is 4. The average molecular weight is 299 g/mol. The van der Waals surface area contributed by atoms with Gasteiger partial charge in [0.15, 0.2) is 5.65 Å². The smallest absolute Gasteiger partial charge is 0.164 e. The monoisotopic (exact) mass is 298 g/mol. The first-order valence-corrected chi connectivity index (χ1v) is 6.32. The van der Waals surface area contributed by atoms with E-state index in [9.17, 15) is 0 Å². The number of fused-ring (bicyclic) bond motifs is 5. The molecule has 0 unspecified atom stereocenters. The lowest BCUT2D eigenvalue weighted by Crippen LogP contribution is -1.96. The molecule has 4 aromatic rings. The van der Waals surface area contributed by atoms with E-state index in [-0.39, 0.29) is 0 Å². The maximum absolute atomic E-state index is 4.37. The molecule has 4 rings (SSSR count). The summed E-state index contributed by atoms with van der Waals surface area (Å²) in [4.78, 5) is 4.37. The van der Waals surface area contributed by atoms with E-state index >= 15 is 0 Å². The van der Waals surface area contributed by atoms with Gasteiger partial charge in [0, 0.05) is 17.0 Å². The molecular weight excluding hydrogens is 292 g/mol. The second kappa shape index (κ2) is 3.49. The van der Waals surface area contributed by atoms with E-state index in [4.69, 9.17) is 0 Å². The summed E-state index contributed by atoms with van der Waals surface area (Å²) >= 11 is 3.64. The lowest BCUT2D eigenvalue weighted by molar-refractivity contribution is 0.846. The summed E-state index contributed by atoms with van der Waals surface area (Å²) in [7, 11) is 0. The van der Waals surface area contributed by atoms with E-state index < -0.39 is 0 Å². The van der Waals surface area contributed by atoms with E-state index in [0.717, 1.165) is 31.9 Å². The van der Waals surface area contributed by atoms with Crippen molar-refractivity contribution in [2.45, 2.75) is 0 Å². The molecule has 0 bridgehead atoms. The van der Waals surface area contributed by atoms with Crippen molar-refractivity contribution in [3.63, 3.8) is 0 Å². The summed E-state index contributed by atoms with van der Waals surface area (Å²) in [6.45, 7) is 0. The van der Waals surface area contributed by atoms with E-state index in [0.29, 0.717) is 0 Å². The van der Waals surface area contributed by atoms with Crippen LogP contribution in [0.15, 0.2) is 47.1 Å². The lowest BCUT2D eigenvalue weighted by atomic mass is 10.2. The Morgan fingerprint density at radius 1 is 1.00 bits per heavy atom. The molecule has 0 N–H and O–H groups in total. The largest absolute Gasteiger partial charge is 0.236 e. The highest BCUT2D eigenvalue weighted by atomic mass is 79.9. The average Bonchev–Trinajstić information content (AvgIpc) is 2.73. The van der Waals surface area contributed by atoms with E-state index in [2.05, 4.69) is 31.2 Å². The molecule has 0 radical (unpaired) electrons. The molecule has 0 saturated carbocycles. The standard InChI is InChI=1S/C13H7BrN4/c14-11-9-5-3-7-15-13(9)18-12(11)8-4-1-2-6-10(8)16-17-18/h1-7H. The molecule has 3 aromatic heterocycles. The molecule has 86 valence electrons. The Morgan fingerprint density at radius 2 is 1.83 bits per heavy atom. The number of benzene rings is 1. The van der Waals surface area contributed by atoms with Crippen LogP contribution in [0.25, 0.3) is 27.5 Å². The Labute approximate surface area is 110 Å². The van der Waals surface area contributed by atoms with Crippen LogP contribution in [0.3, 0.4) is 0 Å². The second-order valence-corrected chi connectivity index (χ2v) is 4.85. The molecule has 0 aliphatic rings. The summed E-state index contributed by atoms with van der Waals surface area (Å²) in [5, 5.41) is 10.6. The molecule has 0 atom stereocenters. The first-order valence-electron chi connectivity index (χ1n) is 5.52. The number of hydrogen-bond acceptors (Lipinski definition) is 3. The summed E-state index contributed by atoms with van der Waals surface area (Å²) in [6, 6.07) is 11.9. The predicted octanol–water partition coefficient (Wildman–Crippen LogP) is 3.19. The van der Waals surface area contributed by atoms with Crippen LogP contribution in [-0.2, 0) is 0 Å². The molecule has 5 heteroatoms. The number of rotatable bonds is 0. The third kappa shape index (κ3) is 1.17. The van der Waals surface area contributed by atoms with Gasteiger partial charge in [0.05, 0.1) is 15.5 Å². The summed E-state index contributed by atoms with van der Waals surface area (Å²) in [6.07, 6.45) is 1.76. The van der Waals surface area contributed by atoms with Crippen molar-refractivity contribution in [3.05, 3.63) is 47.1 Å². The third-order valence-corrected chi connectivity index (χ3v) is 3.85. The van der Waals surface area contributed by atoms with Crippen molar-refractivity contribution in [3.8, 4) is 0 Å². The van der Waals surface area contributed by atoms with Gasteiger partial charge in [-0.3, -0.25) is 0 Å². The minimum atomic E-state index is 0.817. The van der Waals surface area contributed by atoms with Crippen molar-refractivity contribution in [2.24, 2.45) is 0 Å². The fourth-order valence-corrected chi connectivity index (χ4v) is 2.93. The van der Waals surface area contributed by atoms with Gasteiger partial charge in [-0.1, -0.05) is 23.4 Å². The Balaban J connectivity index is 2.39. The number of pyridine rings is 1. The van der Waals surface area contributed by atoms with Gasteiger partial charge in [-0.15, -0.1) is 5.10 Å². The highest BCUT2D eigenvalue weighted by Crippen LogP contribution is 2.32. The van der Waals surface area contributed by atoms with Crippen LogP contribution in [0.1, 0.15) is 0 Å². The van der Waals surface area contributed by atoms with Crippen LogP contribution in [-0.4, -0.2) is 19.8 Å². The highest BCUT2D eigenvalue weighted by Gasteiger charge is 2.14. The quantitative estimate of drug-likeness (QED) is 0.501. The van der Waals surface area contributed by atoms with Crippen LogP contribution >= 0.6 is 15.9 Å². The Morgan fingerprint density at radius 3 is 2.78 bits per heavy atom. The molecule has 18 heavy (non-hydrogen) atoms. The number of halogens is 1. The SMILES string of the molecule is Brc1c2cccnc2n2nnc3ccccc3c12. The number of hydrogen-bond donors (Lipinski definition) is 0. The van der Waals surface area contributed by atoms with Crippen LogP contribution in [0.4, 0.5) is 0 Å². The fraction of sp³-hybridized carbons (Fsp3) is 0. The Bertz CT molecular complexity index is 897. The van der Waals surface area contributed by atoms with E-state index in [1.54, 1.807) is 10.7 Å². The summed E-state index contributed by atoms with van der Waals surface area (Å²) in [5.74, 6) is 0. The number of aromatic nitrogens is 4. The molecular formula is C13H7BrN4. The van der Waals surface area contributed by atoms with E-state index in [1.165, 1.54) is 0 Å². The van der Waals surface area contributed by atoms with E-state index in [1.807, 2.05) is 36.4 Å². The van der Waals surface area contributed by atoms with Gasteiger partial charge in [-0.2, -0.15) is 4.52 Å². The molecule has 0 aliphatic carbocycles. The summed E-state index contributed by atoms with van der Waals surface area (Å²) in [5.41, 5.74) is 2.71. The fourth-order valence-electron chi connectivity index (χ4n) is 2.24. The normalized spacial score (nSPS) is 11.6. The van der Waals surface area contributed by atoms with Crippen molar-refractivity contribution in [2.75, 3.05) is 0 Å². The minimum Gasteiger partial charge on any atom is -0.236 e. The zero-order chi connectivity index (χ0) is 12.1. The van der Waals surface area contributed by atoms with Gasteiger partial charge in [-0.25, -0.2) is 4.98 Å². The molecule has 0 fully saturated rings. The molecule has 0 aliphatic heterocycles. The van der Waals surface area contributed by atoms with Gasteiger partial charge in [0.25, 0.3) is 0 Å². The Kier molecular flexibility index (Phi) is 1.93. The van der Waals surface area contributed by atoms with Crippen molar-refractivity contribution in [1.82, 2.24) is 19.8 Å². The van der Waals surface area contributed by atoms with Crippen LogP contribution in [0.5, 0.6) is 0 Å². The van der Waals surface area contributed by atoms with Crippen LogP contribution < -0.4 is 0 Å². The van der Waals surface area contributed by atoms with Gasteiger partial charge >= 0.3 is 0 Å². The van der Waals surface area contributed by atoms with Crippen LogP contribution in [0, 0.1) is 0 Å². The maximum atomic E-state index is 4.37. The zero-order valence-electron chi connectivity index (χ0n) is 9.21. The maximum Gasteiger partial charge on any atom is 0.164 e. The van der Waals surface area contributed by atoms with Crippen molar-refractivity contribution < 1.29 is 0 Å². The zero-order valence-corrected chi connectivity index (χ0v) is 10.8. The second-order valence-electron chi connectivity index (χ2n) is 4.06. The van der Waals surface area contributed by atoms with Gasteiger partial charge < -0.3 is 0 Å². The van der Waals surface area contributed by atoms with Crippen LogP contribution in [0.2, 0.25) is 0 Å². The van der Waals surface area contributed by atoms with Gasteiger partial charge in [-0.05, 0) is 34.1 Å². The van der Waals surface area contributed by atoms with Gasteiger partial charge in [0.2, 0.25) is 0 Å². The molecule has 3 heterocycles. The van der Waals surface area contributed by atoms with Gasteiger partial charge in [0.1, 0.15) is 0 Å². The summed E-state index contributed by atoms with van der Waals surface area (Å²) < 4.78 is 2.79. The molecule has 4 nitrogen and oxygen atoms in total.